The zero-order valence-electron chi connectivity index (χ0n) is 12.8. The molecule has 0 saturated heterocycles. The molecular formula is C18H21NOS. The van der Waals surface area contributed by atoms with E-state index in [0.717, 1.165) is 13.0 Å². The quantitative estimate of drug-likeness (QED) is 0.814. The van der Waals surface area contributed by atoms with Gasteiger partial charge in [-0.3, -0.25) is 4.79 Å². The van der Waals surface area contributed by atoms with Gasteiger partial charge < -0.3 is 4.90 Å². The molecule has 0 aliphatic carbocycles. The van der Waals surface area contributed by atoms with E-state index in [4.69, 9.17) is 0 Å². The standard InChI is InChI=1S/C18H21NOS/c1-12(2)18(20)19-10-8-16-15(9-11-21-16)17(19)14-6-4-13(3)5-7-14/h4-7,9,11-12,17H,8,10H2,1-3H3/t17-/m1/s1. The third-order valence-corrected chi connectivity index (χ3v) is 5.13. The molecule has 0 spiro atoms. The molecule has 2 nitrogen and oxygen atoms in total. The minimum absolute atomic E-state index is 0.0399. The number of hydrogen-bond acceptors (Lipinski definition) is 2. The van der Waals surface area contributed by atoms with Crippen LogP contribution in [0.5, 0.6) is 0 Å². The Morgan fingerprint density at radius 3 is 2.62 bits per heavy atom. The van der Waals surface area contributed by atoms with Crippen molar-refractivity contribution in [2.45, 2.75) is 33.2 Å². The molecule has 2 aromatic rings. The molecule has 1 amide bonds. The van der Waals surface area contributed by atoms with Gasteiger partial charge in [-0.25, -0.2) is 0 Å². The van der Waals surface area contributed by atoms with Crippen molar-refractivity contribution >= 4 is 17.2 Å². The van der Waals surface area contributed by atoms with Gasteiger partial charge in [0.1, 0.15) is 0 Å². The predicted octanol–water partition coefficient (Wildman–Crippen LogP) is 4.19. The summed E-state index contributed by atoms with van der Waals surface area (Å²) in [7, 11) is 0. The van der Waals surface area contributed by atoms with Crippen molar-refractivity contribution in [3.8, 4) is 0 Å². The van der Waals surface area contributed by atoms with Crippen molar-refractivity contribution in [2.24, 2.45) is 5.92 Å². The van der Waals surface area contributed by atoms with E-state index in [1.165, 1.54) is 21.6 Å². The maximum atomic E-state index is 12.6. The molecule has 1 aromatic heterocycles. The number of amides is 1. The summed E-state index contributed by atoms with van der Waals surface area (Å²) in [5.41, 5.74) is 3.78. The van der Waals surface area contributed by atoms with Gasteiger partial charge in [0.2, 0.25) is 5.91 Å². The smallest absolute Gasteiger partial charge is 0.225 e. The summed E-state index contributed by atoms with van der Waals surface area (Å²) in [5, 5.41) is 2.15. The number of carbonyl (C=O) groups is 1. The van der Waals surface area contributed by atoms with Gasteiger partial charge >= 0.3 is 0 Å². The van der Waals surface area contributed by atoms with Crippen molar-refractivity contribution in [2.75, 3.05) is 6.54 Å². The minimum Gasteiger partial charge on any atom is -0.331 e. The van der Waals surface area contributed by atoms with Gasteiger partial charge in [-0.1, -0.05) is 43.7 Å². The lowest BCUT2D eigenvalue weighted by molar-refractivity contribution is -0.136. The fourth-order valence-corrected chi connectivity index (χ4v) is 3.90. The van der Waals surface area contributed by atoms with Gasteiger partial charge in [0.15, 0.2) is 0 Å². The zero-order chi connectivity index (χ0) is 15.0. The van der Waals surface area contributed by atoms with E-state index in [2.05, 4.69) is 47.5 Å². The van der Waals surface area contributed by atoms with Crippen LogP contribution in [0.1, 0.15) is 41.5 Å². The Bertz CT molecular complexity index is 641. The Morgan fingerprint density at radius 1 is 1.24 bits per heavy atom. The van der Waals surface area contributed by atoms with Gasteiger partial charge in [0.25, 0.3) is 0 Å². The summed E-state index contributed by atoms with van der Waals surface area (Å²) in [5.74, 6) is 0.288. The van der Waals surface area contributed by atoms with Crippen LogP contribution >= 0.6 is 11.3 Å². The number of aryl methyl sites for hydroxylation is 1. The summed E-state index contributed by atoms with van der Waals surface area (Å²) < 4.78 is 0. The zero-order valence-corrected chi connectivity index (χ0v) is 13.6. The first kappa shape index (κ1) is 14.3. The molecule has 0 saturated carbocycles. The van der Waals surface area contributed by atoms with E-state index in [1.807, 2.05) is 25.2 Å². The first-order valence-corrected chi connectivity index (χ1v) is 8.39. The summed E-state index contributed by atoms with van der Waals surface area (Å²) >= 11 is 1.81. The van der Waals surface area contributed by atoms with Gasteiger partial charge in [0.05, 0.1) is 6.04 Å². The molecule has 1 atom stereocenters. The number of nitrogens with zero attached hydrogens (tertiary/aromatic N) is 1. The average molecular weight is 299 g/mol. The van der Waals surface area contributed by atoms with Crippen LogP contribution in [0.4, 0.5) is 0 Å². The summed E-state index contributed by atoms with van der Waals surface area (Å²) in [6.07, 6.45) is 0.980. The molecule has 2 heterocycles. The molecule has 3 rings (SSSR count). The minimum atomic E-state index is 0.0399. The highest BCUT2D eigenvalue weighted by atomic mass is 32.1. The second-order valence-corrected chi connectivity index (χ2v) is 7.05. The molecule has 1 aliphatic rings. The SMILES string of the molecule is Cc1ccc([C@@H]2c3ccsc3CCN2C(=O)C(C)C)cc1. The second-order valence-electron chi connectivity index (χ2n) is 6.05. The van der Waals surface area contributed by atoms with Crippen molar-refractivity contribution in [1.29, 1.82) is 0 Å². The van der Waals surface area contributed by atoms with Crippen LogP contribution in [0.15, 0.2) is 35.7 Å². The number of fused-ring (bicyclic) bond motifs is 1. The van der Waals surface area contributed by atoms with Crippen molar-refractivity contribution < 1.29 is 4.79 Å². The van der Waals surface area contributed by atoms with Crippen molar-refractivity contribution in [3.05, 3.63) is 57.3 Å². The van der Waals surface area contributed by atoms with Crippen LogP contribution in [0, 0.1) is 12.8 Å². The van der Waals surface area contributed by atoms with E-state index < -0.39 is 0 Å². The Kier molecular flexibility index (Phi) is 3.85. The van der Waals surface area contributed by atoms with E-state index in [9.17, 15) is 4.79 Å². The van der Waals surface area contributed by atoms with Crippen molar-refractivity contribution in [1.82, 2.24) is 4.90 Å². The highest BCUT2D eigenvalue weighted by Crippen LogP contribution is 2.38. The number of thiophene rings is 1. The average Bonchev–Trinajstić information content (AvgIpc) is 2.94. The highest BCUT2D eigenvalue weighted by molar-refractivity contribution is 7.10. The van der Waals surface area contributed by atoms with E-state index >= 15 is 0 Å². The Hall–Kier alpha value is -1.61. The lowest BCUT2D eigenvalue weighted by Crippen LogP contribution is -2.42. The second kappa shape index (κ2) is 5.64. The van der Waals surface area contributed by atoms with Gasteiger partial charge in [-0.2, -0.15) is 0 Å². The van der Waals surface area contributed by atoms with Gasteiger partial charge in [-0.15, -0.1) is 11.3 Å². The molecule has 0 bridgehead atoms. The monoisotopic (exact) mass is 299 g/mol. The maximum Gasteiger partial charge on any atom is 0.225 e. The largest absolute Gasteiger partial charge is 0.331 e. The molecular weight excluding hydrogens is 278 g/mol. The lowest BCUT2D eigenvalue weighted by atomic mass is 9.92. The number of carbonyl (C=O) groups excluding carboxylic acids is 1. The molecule has 110 valence electrons. The van der Waals surface area contributed by atoms with Crippen LogP contribution < -0.4 is 0 Å². The van der Waals surface area contributed by atoms with Crippen LogP contribution in [0.2, 0.25) is 0 Å². The highest BCUT2D eigenvalue weighted by Gasteiger charge is 2.33. The molecule has 1 aliphatic heterocycles. The van der Waals surface area contributed by atoms with Crippen LogP contribution in [-0.2, 0) is 11.2 Å². The van der Waals surface area contributed by atoms with E-state index in [-0.39, 0.29) is 17.9 Å². The first-order chi connectivity index (χ1) is 10.1. The van der Waals surface area contributed by atoms with Crippen LogP contribution in [0.25, 0.3) is 0 Å². The number of hydrogen-bond donors (Lipinski definition) is 0. The first-order valence-electron chi connectivity index (χ1n) is 7.51. The Morgan fingerprint density at radius 2 is 1.95 bits per heavy atom. The predicted molar refractivity (Wildman–Crippen MR) is 87.6 cm³/mol. The third-order valence-electron chi connectivity index (χ3n) is 4.14. The van der Waals surface area contributed by atoms with Crippen LogP contribution in [0.3, 0.4) is 0 Å². The summed E-state index contributed by atoms with van der Waals surface area (Å²) in [6.45, 7) is 6.89. The van der Waals surface area contributed by atoms with Gasteiger partial charge in [0, 0.05) is 17.3 Å². The van der Waals surface area contributed by atoms with Crippen molar-refractivity contribution in [3.63, 3.8) is 0 Å². The molecule has 21 heavy (non-hydrogen) atoms. The molecule has 0 unspecified atom stereocenters. The molecule has 0 N–H and O–H groups in total. The summed E-state index contributed by atoms with van der Waals surface area (Å²) in [6, 6.07) is 10.9. The van der Waals surface area contributed by atoms with E-state index in [0.29, 0.717) is 0 Å². The summed E-state index contributed by atoms with van der Waals surface area (Å²) in [4.78, 5) is 16.1. The van der Waals surface area contributed by atoms with Crippen LogP contribution in [-0.4, -0.2) is 17.4 Å². The fraction of sp³-hybridized carbons (Fsp3) is 0.389. The number of rotatable bonds is 2. The Labute approximate surface area is 130 Å². The van der Waals surface area contributed by atoms with E-state index in [1.54, 1.807) is 0 Å². The third kappa shape index (κ3) is 2.62. The molecule has 1 aromatic carbocycles. The lowest BCUT2D eigenvalue weighted by Gasteiger charge is -2.37. The normalized spacial score (nSPS) is 17.9. The maximum absolute atomic E-state index is 12.6. The molecule has 0 radical (unpaired) electrons. The Balaban J connectivity index is 2.06. The van der Waals surface area contributed by atoms with Gasteiger partial charge in [-0.05, 0) is 35.9 Å². The fourth-order valence-electron chi connectivity index (χ4n) is 2.99. The topological polar surface area (TPSA) is 20.3 Å². The molecule has 0 fully saturated rings. The number of benzene rings is 1. The molecule has 3 heteroatoms.